The lowest BCUT2D eigenvalue weighted by atomic mass is 10.1. The number of thiophene rings is 1. The number of hydrogen-bond donors (Lipinski definition) is 0. The molecule has 2 saturated heterocycles. The Labute approximate surface area is 245 Å². The number of amides is 1. The minimum atomic E-state index is -0.767. The molecule has 0 saturated carbocycles. The van der Waals surface area contributed by atoms with Crippen molar-refractivity contribution in [3.05, 3.63) is 65.5 Å². The van der Waals surface area contributed by atoms with Crippen molar-refractivity contribution in [1.82, 2.24) is 24.8 Å². The molecule has 6 rings (SSSR count). The molecule has 3 aromatic heterocycles. The van der Waals surface area contributed by atoms with Gasteiger partial charge in [0.25, 0.3) is 0 Å². The number of ether oxygens (including phenoxy) is 1. The second kappa shape index (κ2) is 11.6. The molecular formula is C30H29F2N7O2S. The number of benzene rings is 1. The molecule has 5 heterocycles. The van der Waals surface area contributed by atoms with Crippen LogP contribution in [-0.4, -0.2) is 89.1 Å². The van der Waals surface area contributed by atoms with Gasteiger partial charge in [-0.15, -0.1) is 11.3 Å². The zero-order chi connectivity index (χ0) is 29.4. The van der Waals surface area contributed by atoms with Gasteiger partial charge in [-0.05, 0) is 55.4 Å². The molecule has 12 heteroatoms. The van der Waals surface area contributed by atoms with E-state index in [4.69, 9.17) is 16.3 Å². The number of anilines is 1. The van der Waals surface area contributed by atoms with Crippen molar-refractivity contribution in [1.29, 1.82) is 0 Å². The smallest absolute Gasteiger partial charge is 0.319 e. The van der Waals surface area contributed by atoms with Crippen LogP contribution in [0.1, 0.15) is 12.8 Å². The highest BCUT2D eigenvalue weighted by atomic mass is 32.1. The molecule has 2 fully saturated rings. The average Bonchev–Trinajstić information content (AvgIpc) is 3.65. The summed E-state index contributed by atoms with van der Waals surface area (Å²) in [5, 5.41) is 2.96. The molecule has 2 atom stereocenters. The predicted octanol–water partition coefficient (Wildman–Crippen LogP) is 4.78. The Morgan fingerprint density at radius 1 is 1.24 bits per heavy atom. The first-order valence-corrected chi connectivity index (χ1v) is 14.6. The normalized spacial score (nSPS) is 19.4. The van der Waals surface area contributed by atoms with Gasteiger partial charge in [0.15, 0.2) is 5.82 Å². The molecule has 2 aliphatic heterocycles. The molecule has 216 valence electrons. The van der Waals surface area contributed by atoms with E-state index < -0.39 is 17.7 Å². The van der Waals surface area contributed by atoms with Crippen molar-refractivity contribution in [2.45, 2.75) is 24.9 Å². The number of pyridine rings is 1. The highest BCUT2D eigenvalue weighted by molar-refractivity contribution is 7.17. The zero-order valence-electron chi connectivity index (χ0n) is 23.1. The first kappa shape index (κ1) is 27.9. The van der Waals surface area contributed by atoms with Crippen LogP contribution in [0.15, 0.2) is 42.4 Å². The minimum absolute atomic E-state index is 0.00924. The number of likely N-dealkylation sites (tertiary alicyclic amines) is 1. The maximum absolute atomic E-state index is 16.4. The summed E-state index contributed by atoms with van der Waals surface area (Å²) in [7, 11) is 2.03. The van der Waals surface area contributed by atoms with E-state index in [9.17, 15) is 4.79 Å². The standard InChI is InChI=1S/C30H29F2N7O2S/c1-4-23(40)39-12-11-38(16-20(39)14-33-2)29-21-15-34-27(24-22(31)8-7-18-9-13-42-28(18)24)25(32)26(21)35-30(36-29)41-17-19-6-5-10-37(19)3/h4,7-9,13,15,19-20H,1,5-6,10-12,14,16-17H2,3H3/t19-,20-/m0/s1. The number of aromatic nitrogens is 3. The molecular weight excluding hydrogens is 560 g/mol. The molecule has 0 radical (unpaired) electrons. The molecule has 0 aliphatic carbocycles. The fourth-order valence-electron chi connectivity index (χ4n) is 5.81. The SMILES string of the molecule is [C-]#[N+]C[C@H]1CN(c2nc(OC[C@@H]3CCCN3C)nc3c(F)c(-c4c(F)ccc5ccsc45)ncc23)CCN1C(=O)C=C. The van der Waals surface area contributed by atoms with Gasteiger partial charge in [0.1, 0.15) is 35.5 Å². The monoisotopic (exact) mass is 589 g/mol. The number of hydrogen-bond acceptors (Lipinski definition) is 8. The first-order chi connectivity index (χ1) is 20.4. The van der Waals surface area contributed by atoms with Crippen molar-refractivity contribution in [3.8, 4) is 17.3 Å². The zero-order valence-corrected chi connectivity index (χ0v) is 23.9. The number of rotatable bonds is 7. The third kappa shape index (κ3) is 5.03. The van der Waals surface area contributed by atoms with Gasteiger partial charge in [0.05, 0.1) is 10.9 Å². The van der Waals surface area contributed by atoms with Gasteiger partial charge in [0, 0.05) is 36.6 Å². The van der Waals surface area contributed by atoms with E-state index in [1.165, 1.54) is 29.7 Å². The van der Waals surface area contributed by atoms with E-state index in [-0.39, 0.29) is 41.3 Å². The first-order valence-electron chi connectivity index (χ1n) is 13.8. The third-order valence-electron chi connectivity index (χ3n) is 8.07. The minimum Gasteiger partial charge on any atom is -0.462 e. The van der Waals surface area contributed by atoms with Gasteiger partial charge >= 0.3 is 6.01 Å². The topological polar surface area (TPSA) is 79.1 Å². The molecule has 0 N–H and O–H groups in total. The average molecular weight is 590 g/mol. The van der Waals surface area contributed by atoms with Crippen LogP contribution in [-0.2, 0) is 4.79 Å². The Hall–Kier alpha value is -4.21. The third-order valence-corrected chi connectivity index (χ3v) is 9.02. The Morgan fingerprint density at radius 2 is 2.10 bits per heavy atom. The van der Waals surface area contributed by atoms with Crippen molar-refractivity contribution in [2.75, 3.05) is 51.3 Å². The van der Waals surface area contributed by atoms with E-state index in [1.807, 2.05) is 23.4 Å². The number of likely N-dealkylation sites (N-methyl/N-ethyl adjacent to an activating group) is 1. The lowest BCUT2D eigenvalue weighted by Crippen LogP contribution is -2.56. The lowest BCUT2D eigenvalue weighted by Gasteiger charge is -2.39. The summed E-state index contributed by atoms with van der Waals surface area (Å²) in [4.78, 5) is 35.3. The maximum Gasteiger partial charge on any atom is 0.319 e. The molecule has 42 heavy (non-hydrogen) atoms. The number of carbonyl (C=O) groups is 1. The van der Waals surface area contributed by atoms with Crippen molar-refractivity contribution in [3.63, 3.8) is 0 Å². The molecule has 2 aliphatic rings. The van der Waals surface area contributed by atoms with E-state index in [0.29, 0.717) is 42.1 Å². The summed E-state index contributed by atoms with van der Waals surface area (Å²) in [6.45, 7) is 13.4. The van der Waals surface area contributed by atoms with Gasteiger partial charge in [-0.3, -0.25) is 9.78 Å². The second-order valence-corrected chi connectivity index (χ2v) is 11.5. The van der Waals surface area contributed by atoms with Gasteiger partial charge < -0.3 is 24.3 Å². The van der Waals surface area contributed by atoms with Crippen LogP contribution < -0.4 is 9.64 Å². The van der Waals surface area contributed by atoms with Crippen LogP contribution in [0.3, 0.4) is 0 Å². The largest absolute Gasteiger partial charge is 0.462 e. The van der Waals surface area contributed by atoms with Crippen molar-refractivity contribution < 1.29 is 18.3 Å². The number of halogens is 2. The molecule has 0 bridgehead atoms. The van der Waals surface area contributed by atoms with Crippen molar-refractivity contribution >= 4 is 44.1 Å². The summed E-state index contributed by atoms with van der Waals surface area (Å²) in [6.07, 6.45) is 4.75. The summed E-state index contributed by atoms with van der Waals surface area (Å²) >= 11 is 1.32. The highest BCUT2D eigenvalue weighted by Gasteiger charge is 2.34. The summed E-state index contributed by atoms with van der Waals surface area (Å²) in [5.41, 5.74) is -0.0729. The fraction of sp³-hybridized carbons (Fsp3) is 0.367. The van der Waals surface area contributed by atoms with Crippen LogP contribution in [0.5, 0.6) is 6.01 Å². The van der Waals surface area contributed by atoms with Crippen molar-refractivity contribution in [2.24, 2.45) is 0 Å². The van der Waals surface area contributed by atoms with E-state index in [2.05, 4.69) is 26.3 Å². The molecule has 0 unspecified atom stereocenters. The van der Waals surface area contributed by atoms with Crippen LogP contribution in [0.4, 0.5) is 14.6 Å². The van der Waals surface area contributed by atoms with E-state index in [1.54, 1.807) is 11.0 Å². The maximum atomic E-state index is 16.4. The van der Waals surface area contributed by atoms with Crippen LogP contribution in [0, 0.1) is 18.2 Å². The van der Waals surface area contributed by atoms with Gasteiger partial charge in [0.2, 0.25) is 12.5 Å². The Kier molecular flexibility index (Phi) is 7.70. The Morgan fingerprint density at radius 3 is 2.86 bits per heavy atom. The molecule has 9 nitrogen and oxygen atoms in total. The van der Waals surface area contributed by atoms with Crippen LogP contribution >= 0.6 is 11.3 Å². The summed E-state index contributed by atoms with van der Waals surface area (Å²) in [5.74, 6) is -1.20. The van der Waals surface area contributed by atoms with Gasteiger partial charge in [-0.25, -0.2) is 15.4 Å². The molecule has 1 amide bonds. The van der Waals surface area contributed by atoms with E-state index in [0.717, 1.165) is 24.8 Å². The van der Waals surface area contributed by atoms with E-state index >= 15 is 8.78 Å². The molecule has 1 aromatic carbocycles. The number of fused-ring (bicyclic) bond motifs is 2. The highest BCUT2D eigenvalue weighted by Crippen LogP contribution is 2.38. The summed E-state index contributed by atoms with van der Waals surface area (Å²) in [6, 6.07) is 4.61. The Balaban J connectivity index is 1.45. The predicted molar refractivity (Wildman–Crippen MR) is 159 cm³/mol. The van der Waals surface area contributed by atoms with Gasteiger partial charge in [-0.1, -0.05) is 12.6 Å². The quantitative estimate of drug-likeness (QED) is 0.227. The second-order valence-electron chi connectivity index (χ2n) is 10.5. The Bertz CT molecular complexity index is 1720. The van der Waals surface area contributed by atoms with Gasteiger partial charge in [-0.2, -0.15) is 9.97 Å². The number of carbonyl (C=O) groups excluding carboxylic acids is 1. The molecule has 0 spiro atoms. The summed E-state index contributed by atoms with van der Waals surface area (Å²) < 4.78 is 38.2. The molecule has 4 aromatic rings. The number of piperazine rings is 1. The lowest BCUT2D eigenvalue weighted by molar-refractivity contribution is -0.128. The number of nitrogens with zero attached hydrogens (tertiary/aromatic N) is 7. The fourth-order valence-corrected chi connectivity index (χ4v) is 6.74. The van der Waals surface area contributed by atoms with Crippen LogP contribution in [0.25, 0.3) is 37.1 Å². The van der Waals surface area contributed by atoms with Crippen LogP contribution in [0.2, 0.25) is 0 Å².